The molecule has 1 aromatic heterocycles. The molecule has 0 saturated heterocycles. The lowest BCUT2D eigenvalue weighted by Gasteiger charge is -2.06. The summed E-state index contributed by atoms with van der Waals surface area (Å²) in [7, 11) is 0. The second kappa shape index (κ2) is 3.88. The van der Waals surface area contributed by atoms with E-state index in [-0.39, 0.29) is 0 Å². The Balaban J connectivity index is 2.68. The number of aliphatic hydroxyl groups excluding tert-OH is 1. The van der Waals surface area contributed by atoms with E-state index in [4.69, 9.17) is 0 Å². The average Bonchev–Trinajstić information content (AvgIpc) is 2.07. The van der Waals surface area contributed by atoms with Crippen LogP contribution in [0.5, 0.6) is 0 Å². The first kappa shape index (κ1) is 7.95. The van der Waals surface area contributed by atoms with Crippen molar-refractivity contribution < 1.29 is 5.11 Å². The molecule has 0 bridgehead atoms. The molecule has 0 fully saturated rings. The van der Waals surface area contributed by atoms with Crippen molar-refractivity contribution in [1.29, 1.82) is 0 Å². The van der Waals surface area contributed by atoms with Crippen LogP contribution in [0.25, 0.3) is 0 Å². The van der Waals surface area contributed by atoms with Crippen LogP contribution in [0.1, 0.15) is 18.1 Å². The van der Waals surface area contributed by atoms with Crippen molar-refractivity contribution >= 4 is 0 Å². The van der Waals surface area contributed by atoms with Gasteiger partial charge in [-0.2, -0.15) is 0 Å². The molecule has 0 radical (unpaired) electrons. The molecule has 11 heavy (non-hydrogen) atoms. The molecule has 1 unspecified atom stereocenters. The summed E-state index contributed by atoms with van der Waals surface area (Å²) in [6.07, 6.45) is 5.19. The molecule has 1 heterocycles. The van der Waals surface area contributed by atoms with Crippen molar-refractivity contribution in [1.82, 2.24) is 4.98 Å². The van der Waals surface area contributed by atoms with E-state index < -0.39 is 6.10 Å². The van der Waals surface area contributed by atoms with Gasteiger partial charge in [0.15, 0.2) is 0 Å². The standard InChI is InChI=1S/C9H11NO/c1-2-3-9(11)8-4-6-10-7-5-8/h2,4-7,9,11H,1,3H2. The highest BCUT2D eigenvalue weighted by Crippen LogP contribution is 2.14. The Morgan fingerprint density at radius 1 is 1.55 bits per heavy atom. The lowest BCUT2D eigenvalue weighted by Crippen LogP contribution is -1.94. The van der Waals surface area contributed by atoms with E-state index in [0.717, 1.165) is 5.56 Å². The van der Waals surface area contributed by atoms with Crippen molar-refractivity contribution in [2.24, 2.45) is 0 Å². The van der Waals surface area contributed by atoms with Crippen LogP contribution < -0.4 is 0 Å². The smallest absolute Gasteiger partial charge is 0.0825 e. The van der Waals surface area contributed by atoms with Gasteiger partial charge in [0.2, 0.25) is 0 Å². The second-order valence-corrected chi connectivity index (χ2v) is 2.32. The van der Waals surface area contributed by atoms with E-state index in [9.17, 15) is 5.11 Å². The molecule has 0 aliphatic carbocycles. The lowest BCUT2D eigenvalue weighted by molar-refractivity contribution is 0.181. The van der Waals surface area contributed by atoms with E-state index >= 15 is 0 Å². The first-order valence-corrected chi connectivity index (χ1v) is 3.53. The van der Waals surface area contributed by atoms with Gasteiger partial charge >= 0.3 is 0 Å². The number of hydrogen-bond donors (Lipinski definition) is 1. The maximum Gasteiger partial charge on any atom is 0.0825 e. The van der Waals surface area contributed by atoms with Crippen LogP contribution >= 0.6 is 0 Å². The molecule has 0 saturated carbocycles. The fourth-order valence-electron chi connectivity index (χ4n) is 0.880. The van der Waals surface area contributed by atoms with Gasteiger partial charge in [0, 0.05) is 12.4 Å². The van der Waals surface area contributed by atoms with Gasteiger partial charge in [-0.25, -0.2) is 0 Å². The Morgan fingerprint density at radius 2 is 2.18 bits per heavy atom. The fraction of sp³-hybridized carbons (Fsp3) is 0.222. The summed E-state index contributed by atoms with van der Waals surface area (Å²) in [6.45, 7) is 3.55. The first-order chi connectivity index (χ1) is 5.34. The Hall–Kier alpha value is -1.15. The zero-order valence-electron chi connectivity index (χ0n) is 6.27. The van der Waals surface area contributed by atoms with Gasteiger partial charge in [0.05, 0.1) is 6.10 Å². The number of hydrogen-bond acceptors (Lipinski definition) is 2. The Labute approximate surface area is 66.2 Å². The summed E-state index contributed by atoms with van der Waals surface area (Å²) in [5.74, 6) is 0. The molecule has 1 rings (SSSR count). The molecule has 1 N–H and O–H groups in total. The molecular formula is C9H11NO. The quantitative estimate of drug-likeness (QED) is 0.663. The van der Waals surface area contributed by atoms with Crippen LogP contribution in [-0.2, 0) is 0 Å². The van der Waals surface area contributed by atoms with Crippen molar-refractivity contribution in [2.45, 2.75) is 12.5 Å². The van der Waals surface area contributed by atoms with Crippen LogP contribution in [0.3, 0.4) is 0 Å². The lowest BCUT2D eigenvalue weighted by atomic mass is 10.1. The molecule has 58 valence electrons. The van der Waals surface area contributed by atoms with Gasteiger partial charge in [0.1, 0.15) is 0 Å². The number of nitrogens with zero attached hydrogens (tertiary/aromatic N) is 1. The molecular weight excluding hydrogens is 138 g/mol. The topological polar surface area (TPSA) is 33.1 Å². The van der Waals surface area contributed by atoms with Crippen LogP contribution in [0.2, 0.25) is 0 Å². The van der Waals surface area contributed by atoms with E-state index in [1.165, 1.54) is 0 Å². The van der Waals surface area contributed by atoms with Gasteiger partial charge in [-0.1, -0.05) is 6.08 Å². The molecule has 2 heteroatoms. The maximum atomic E-state index is 9.42. The minimum atomic E-state index is -0.435. The Morgan fingerprint density at radius 3 is 2.73 bits per heavy atom. The number of rotatable bonds is 3. The third kappa shape index (κ3) is 2.16. The van der Waals surface area contributed by atoms with Crippen LogP contribution in [0.15, 0.2) is 37.2 Å². The summed E-state index contributed by atoms with van der Waals surface area (Å²) in [6, 6.07) is 3.60. The summed E-state index contributed by atoms with van der Waals surface area (Å²) >= 11 is 0. The zero-order chi connectivity index (χ0) is 8.10. The van der Waals surface area contributed by atoms with Crippen molar-refractivity contribution in [2.75, 3.05) is 0 Å². The first-order valence-electron chi connectivity index (χ1n) is 3.53. The highest BCUT2D eigenvalue weighted by atomic mass is 16.3. The largest absolute Gasteiger partial charge is 0.388 e. The normalized spacial score (nSPS) is 12.5. The van der Waals surface area contributed by atoms with E-state index in [1.54, 1.807) is 30.6 Å². The minimum Gasteiger partial charge on any atom is -0.388 e. The molecule has 0 aliphatic rings. The van der Waals surface area contributed by atoms with Crippen molar-refractivity contribution in [3.8, 4) is 0 Å². The van der Waals surface area contributed by atoms with Gasteiger partial charge < -0.3 is 5.11 Å². The Bertz CT molecular complexity index is 220. The highest BCUT2D eigenvalue weighted by molar-refractivity contribution is 5.13. The maximum absolute atomic E-state index is 9.42. The minimum absolute atomic E-state index is 0.435. The van der Waals surface area contributed by atoms with Gasteiger partial charge in [-0.05, 0) is 24.1 Å². The van der Waals surface area contributed by atoms with Crippen LogP contribution in [-0.4, -0.2) is 10.1 Å². The third-order valence-electron chi connectivity index (χ3n) is 1.48. The highest BCUT2D eigenvalue weighted by Gasteiger charge is 2.02. The number of aromatic nitrogens is 1. The second-order valence-electron chi connectivity index (χ2n) is 2.32. The zero-order valence-corrected chi connectivity index (χ0v) is 6.27. The molecule has 0 aromatic carbocycles. The molecule has 2 nitrogen and oxygen atoms in total. The van der Waals surface area contributed by atoms with Gasteiger partial charge in [-0.3, -0.25) is 4.98 Å². The van der Waals surface area contributed by atoms with Crippen molar-refractivity contribution in [3.05, 3.63) is 42.7 Å². The van der Waals surface area contributed by atoms with E-state index in [0.29, 0.717) is 6.42 Å². The van der Waals surface area contributed by atoms with E-state index in [2.05, 4.69) is 11.6 Å². The molecule has 1 aromatic rings. The number of pyridine rings is 1. The molecule has 1 atom stereocenters. The predicted octanol–water partition coefficient (Wildman–Crippen LogP) is 1.69. The van der Waals surface area contributed by atoms with Gasteiger partial charge in [-0.15, -0.1) is 6.58 Å². The summed E-state index contributed by atoms with van der Waals surface area (Å²) in [5.41, 5.74) is 0.889. The average molecular weight is 149 g/mol. The molecule has 0 aliphatic heterocycles. The van der Waals surface area contributed by atoms with Crippen molar-refractivity contribution in [3.63, 3.8) is 0 Å². The third-order valence-corrected chi connectivity index (χ3v) is 1.48. The molecule has 0 spiro atoms. The molecule has 0 amide bonds. The predicted molar refractivity (Wildman–Crippen MR) is 44.0 cm³/mol. The van der Waals surface area contributed by atoms with Gasteiger partial charge in [0.25, 0.3) is 0 Å². The Kier molecular flexibility index (Phi) is 2.81. The van der Waals surface area contributed by atoms with Crippen LogP contribution in [0.4, 0.5) is 0 Å². The summed E-state index contributed by atoms with van der Waals surface area (Å²) in [4.78, 5) is 3.85. The monoisotopic (exact) mass is 149 g/mol. The summed E-state index contributed by atoms with van der Waals surface area (Å²) < 4.78 is 0. The fourth-order valence-corrected chi connectivity index (χ4v) is 0.880. The number of aliphatic hydroxyl groups is 1. The summed E-state index contributed by atoms with van der Waals surface area (Å²) in [5, 5.41) is 9.42. The SMILES string of the molecule is C=CCC(O)c1ccncc1. The van der Waals surface area contributed by atoms with E-state index in [1.807, 2.05) is 0 Å². The van der Waals surface area contributed by atoms with Crippen LogP contribution in [0, 0.1) is 0 Å².